The highest BCUT2D eigenvalue weighted by atomic mass is 32.2. The normalized spacial score (nSPS) is 20.6. The number of carboxylic acids is 1. The molecular weight excluding hydrogens is 500 g/mol. The van der Waals surface area contributed by atoms with E-state index in [0.717, 1.165) is 5.56 Å². The van der Waals surface area contributed by atoms with Crippen LogP contribution in [0, 0.1) is 0 Å². The molecule has 2 aromatic carbocycles. The van der Waals surface area contributed by atoms with Crippen LogP contribution in [0.3, 0.4) is 0 Å². The number of thioether (sulfide) groups is 1. The molecule has 2 aliphatic heterocycles. The molecule has 0 unspecified atom stereocenters. The number of nitrogens with one attached hydrogen (secondary N) is 1. The van der Waals surface area contributed by atoms with Crippen molar-refractivity contribution in [2.24, 2.45) is 0 Å². The molecule has 2 N–H and O–H groups in total. The summed E-state index contributed by atoms with van der Waals surface area (Å²) in [6, 6.07) is 12.8. The van der Waals surface area contributed by atoms with Crippen LogP contribution in [0.2, 0.25) is 0 Å². The highest BCUT2D eigenvalue weighted by Crippen LogP contribution is 2.44. The number of fused-ring (bicyclic) bond motifs is 1. The molecule has 11 heteroatoms. The van der Waals surface area contributed by atoms with E-state index >= 15 is 0 Å². The standard InChI is InChI=1S/C26H26N2O8S/c1-14-21(24(31)32)28-22(30)20(23(28)37-26(14)35-3)27-19(29)12-16-6-4-5-7-18(16)25(33)36-13-15-8-10-17(34-2)11-9-15/h4-11,20,23,26H,12-13H2,1-3H3,(H,27,29)(H,31,32)/t20-,23-,26-/m0/s1. The number of benzene rings is 2. The van der Waals surface area contributed by atoms with E-state index in [-0.39, 0.29) is 24.3 Å². The van der Waals surface area contributed by atoms with Crippen molar-refractivity contribution in [3.63, 3.8) is 0 Å². The summed E-state index contributed by atoms with van der Waals surface area (Å²) in [5.41, 5.74) is 1.21. The SMILES string of the molecule is COc1ccc(COC(=O)c2ccccc2CC(=O)N[C@H]2C(=O)N3C(C(=O)O)=C(C)[C@@H](OC)S[C@@H]23)cc1. The molecule has 0 aromatic heterocycles. The van der Waals surface area contributed by atoms with E-state index in [1.807, 2.05) is 0 Å². The minimum atomic E-state index is -1.23. The highest BCUT2D eigenvalue weighted by Gasteiger charge is 2.55. The summed E-state index contributed by atoms with van der Waals surface area (Å²) in [6.07, 6.45) is -0.163. The predicted octanol–water partition coefficient (Wildman–Crippen LogP) is 2.33. The molecule has 2 aromatic rings. The number of hydrogen-bond acceptors (Lipinski definition) is 8. The molecule has 1 fully saturated rings. The summed E-state index contributed by atoms with van der Waals surface area (Å²) >= 11 is 1.25. The van der Waals surface area contributed by atoms with Crippen molar-refractivity contribution in [3.8, 4) is 5.75 Å². The number of carbonyl (C=O) groups excluding carboxylic acids is 3. The van der Waals surface area contributed by atoms with Crippen LogP contribution in [0.25, 0.3) is 0 Å². The van der Waals surface area contributed by atoms with E-state index in [1.54, 1.807) is 62.6 Å². The van der Waals surface area contributed by atoms with Crippen molar-refractivity contribution in [2.75, 3.05) is 14.2 Å². The molecule has 0 radical (unpaired) electrons. The molecule has 37 heavy (non-hydrogen) atoms. The number of amides is 2. The van der Waals surface area contributed by atoms with Crippen LogP contribution >= 0.6 is 11.8 Å². The van der Waals surface area contributed by atoms with Crippen molar-refractivity contribution in [1.82, 2.24) is 10.2 Å². The van der Waals surface area contributed by atoms with E-state index in [0.29, 0.717) is 16.9 Å². The van der Waals surface area contributed by atoms with Gasteiger partial charge in [-0.1, -0.05) is 42.1 Å². The first kappa shape index (κ1) is 26.2. The van der Waals surface area contributed by atoms with Gasteiger partial charge >= 0.3 is 11.9 Å². The quantitative estimate of drug-likeness (QED) is 0.373. The number of rotatable bonds is 9. The van der Waals surface area contributed by atoms with Gasteiger partial charge in [0, 0.05) is 7.11 Å². The minimum Gasteiger partial charge on any atom is -0.497 e. The van der Waals surface area contributed by atoms with Gasteiger partial charge in [-0.05, 0) is 41.8 Å². The van der Waals surface area contributed by atoms with E-state index in [9.17, 15) is 24.3 Å². The topological polar surface area (TPSA) is 131 Å². The molecule has 1 saturated heterocycles. The molecule has 2 aliphatic rings. The van der Waals surface area contributed by atoms with Gasteiger partial charge < -0.3 is 24.6 Å². The van der Waals surface area contributed by atoms with Crippen molar-refractivity contribution in [3.05, 3.63) is 76.5 Å². The third kappa shape index (κ3) is 5.32. The Hall–Kier alpha value is -3.83. The lowest BCUT2D eigenvalue weighted by Gasteiger charge is -2.50. The summed E-state index contributed by atoms with van der Waals surface area (Å²) in [5.74, 6) is -2.11. The van der Waals surface area contributed by atoms with E-state index < -0.39 is 40.6 Å². The molecule has 2 heterocycles. The van der Waals surface area contributed by atoms with Gasteiger partial charge in [-0.2, -0.15) is 0 Å². The Balaban J connectivity index is 1.40. The van der Waals surface area contributed by atoms with E-state index in [1.165, 1.54) is 23.8 Å². The maximum absolute atomic E-state index is 12.9. The first-order chi connectivity index (χ1) is 17.7. The Kier molecular flexibility index (Phi) is 7.84. The van der Waals surface area contributed by atoms with Gasteiger partial charge in [-0.25, -0.2) is 9.59 Å². The lowest BCUT2D eigenvalue weighted by molar-refractivity contribution is -0.151. The van der Waals surface area contributed by atoms with E-state index in [4.69, 9.17) is 14.2 Å². The van der Waals surface area contributed by atoms with Crippen molar-refractivity contribution in [1.29, 1.82) is 0 Å². The van der Waals surface area contributed by atoms with Crippen molar-refractivity contribution < 1.29 is 38.5 Å². The minimum absolute atomic E-state index is 0.0498. The second kappa shape index (κ2) is 11.1. The second-order valence-electron chi connectivity index (χ2n) is 8.44. The maximum atomic E-state index is 12.9. The van der Waals surface area contributed by atoms with Crippen LogP contribution in [-0.4, -0.2) is 64.8 Å². The Labute approximate surface area is 217 Å². The monoisotopic (exact) mass is 526 g/mol. The van der Waals surface area contributed by atoms with Crippen LogP contribution in [0.5, 0.6) is 5.75 Å². The van der Waals surface area contributed by atoms with Gasteiger partial charge in [-0.3, -0.25) is 14.5 Å². The molecule has 0 bridgehead atoms. The fourth-order valence-electron chi connectivity index (χ4n) is 4.23. The second-order valence-corrected chi connectivity index (χ2v) is 9.63. The van der Waals surface area contributed by atoms with Gasteiger partial charge in [0.15, 0.2) is 0 Å². The summed E-state index contributed by atoms with van der Waals surface area (Å²) in [5, 5.41) is 11.7. The fraction of sp³-hybridized carbons (Fsp3) is 0.308. The van der Waals surface area contributed by atoms with Gasteiger partial charge in [0.25, 0.3) is 5.91 Å². The first-order valence-electron chi connectivity index (χ1n) is 11.4. The lowest BCUT2D eigenvalue weighted by Crippen LogP contribution is -2.71. The Morgan fingerprint density at radius 1 is 1.08 bits per heavy atom. The number of aliphatic carboxylic acids is 1. The van der Waals surface area contributed by atoms with Gasteiger partial charge in [0.1, 0.15) is 34.9 Å². The number of carbonyl (C=O) groups is 4. The molecular formula is C26H26N2O8S. The number of β-lactam (4-membered cyclic amide) rings is 1. The Morgan fingerprint density at radius 2 is 1.78 bits per heavy atom. The molecule has 2 amide bonds. The molecule has 4 rings (SSSR count). The van der Waals surface area contributed by atoms with Crippen LogP contribution in [0.1, 0.15) is 28.4 Å². The summed E-state index contributed by atoms with van der Waals surface area (Å²) < 4.78 is 15.9. The smallest absolute Gasteiger partial charge is 0.352 e. The zero-order chi connectivity index (χ0) is 26.7. The zero-order valence-electron chi connectivity index (χ0n) is 20.4. The lowest BCUT2D eigenvalue weighted by atomic mass is 10.0. The number of ether oxygens (including phenoxy) is 3. The predicted molar refractivity (Wildman–Crippen MR) is 134 cm³/mol. The van der Waals surface area contributed by atoms with E-state index in [2.05, 4.69) is 5.32 Å². The van der Waals surface area contributed by atoms with Crippen molar-refractivity contribution in [2.45, 2.75) is 36.8 Å². The average Bonchev–Trinajstić information content (AvgIpc) is 2.90. The number of methoxy groups -OCH3 is 2. The number of nitrogens with zero attached hydrogens (tertiary/aromatic N) is 1. The van der Waals surface area contributed by atoms with Crippen LogP contribution in [0.4, 0.5) is 0 Å². The molecule has 194 valence electrons. The van der Waals surface area contributed by atoms with Crippen LogP contribution in [-0.2, 0) is 36.9 Å². The third-order valence-electron chi connectivity index (χ3n) is 6.12. The van der Waals surface area contributed by atoms with Crippen LogP contribution in [0.15, 0.2) is 59.8 Å². The zero-order valence-corrected chi connectivity index (χ0v) is 21.2. The number of carboxylic acid groups (broad SMARTS) is 1. The number of esters is 1. The molecule has 0 spiro atoms. The molecule has 3 atom stereocenters. The summed E-state index contributed by atoms with van der Waals surface area (Å²) in [6.45, 7) is 1.65. The van der Waals surface area contributed by atoms with Crippen LogP contribution < -0.4 is 10.1 Å². The molecule has 0 aliphatic carbocycles. The van der Waals surface area contributed by atoms with Gasteiger partial charge in [0.2, 0.25) is 5.91 Å². The van der Waals surface area contributed by atoms with Gasteiger partial charge in [-0.15, -0.1) is 0 Å². The van der Waals surface area contributed by atoms with Gasteiger partial charge in [0.05, 0.1) is 19.1 Å². The Morgan fingerprint density at radius 3 is 2.43 bits per heavy atom. The molecule has 10 nitrogen and oxygen atoms in total. The highest BCUT2D eigenvalue weighted by molar-refractivity contribution is 8.00. The number of hydrogen-bond donors (Lipinski definition) is 2. The summed E-state index contributed by atoms with van der Waals surface area (Å²) in [7, 11) is 3.02. The fourth-order valence-corrected chi connectivity index (χ4v) is 5.58. The summed E-state index contributed by atoms with van der Waals surface area (Å²) in [4.78, 5) is 51.3. The Bertz CT molecular complexity index is 1260. The first-order valence-corrected chi connectivity index (χ1v) is 12.3. The molecule has 0 saturated carbocycles. The van der Waals surface area contributed by atoms with Crippen molar-refractivity contribution >= 4 is 35.5 Å². The largest absolute Gasteiger partial charge is 0.497 e. The maximum Gasteiger partial charge on any atom is 0.352 e. The third-order valence-corrected chi connectivity index (χ3v) is 7.68. The average molecular weight is 527 g/mol.